The van der Waals surface area contributed by atoms with Gasteiger partial charge in [0, 0.05) is 7.05 Å². The van der Waals surface area contributed by atoms with Gasteiger partial charge in [0.2, 0.25) is 0 Å². The van der Waals surface area contributed by atoms with Crippen molar-refractivity contribution in [2.75, 3.05) is 13.1 Å². The van der Waals surface area contributed by atoms with E-state index in [1.165, 1.54) is 4.42 Å². The summed E-state index contributed by atoms with van der Waals surface area (Å²) in [5, 5.41) is 0. The second-order valence-corrected chi connectivity index (χ2v) is 2.78. The van der Waals surface area contributed by atoms with Crippen molar-refractivity contribution in [1.29, 1.82) is 0 Å². The average Bonchev–Trinajstić information content (AvgIpc) is 1.65. The molecule has 2 nitrogen and oxygen atoms in total. The standard InChI is InChI=1S/C3H9N.C2H5Cl2N.Pt/c1-3(2)4;1-5(4)2-3;/h3H,4H2,1-2H3;2H2,1H3;/q;;+2. The molecule has 0 fully saturated rings. The Kier molecular flexibility index (Phi) is 22.2. The van der Waals surface area contributed by atoms with Crippen LogP contribution in [0.15, 0.2) is 0 Å². The van der Waals surface area contributed by atoms with Crippen LogP contribution in [0.25, 0.3) is 0 Å². The molecule has 0 unspecified atom stereocenters. The predicted molar refractivity (Wildman–Crippen MR) is 43.7 cm³/mol. The van der Waals surface area contributed by atoms with Crippen molar-refractivity contribution in [2.45, 2.75) is 19.9 Å². The van der Waals surface area contributed by atoms with Gasteiger partial charge in [-0.15, -0.1) is 11.6 Å². The minimum atomic E-state index is 0. The van der Waals surface area contributed by atoms with Crippen LogP contribution >= 0.6 is 23.4 Å². The third-order valence-electron chi connectivity index (χ3n) is 0.165. The maximum Gasteiger partial charge on any atom is 2.00 e. The zero-order chi connectivity index (χ0) is 7.86. The number of nitrogens with two attached hydrogens (primary N) is 1. The van der Waals surface area contributed by atoms with E-state index in [1.807, 2.05) is 13.8 Å². The average molecular weight is 368 g/mol. The Labute approximate surface area is 87.4 Å². The summed E-state index contributed by atoms with van der Waals surface area (Å²) in [6.07, 6.45) is 0. The first-order valence-electron chi connectivity index (χ1n) is 2.69. The summed E-state index contributed by atoms with van der Waals surface area (Å²) in [7, 11) is 1.69. The minimum Gasteiger partial charge on any atom is -0.328 e. The normalized spacial score (nSPS) is 8.40. The second kappa shape index (κ2) is 12.8. The maximum absolute atomic E-state index is 5.16. The molecule has 0 spiro atoms. The predicted octanol–water partition coefficient (Wildman–Crippen LogP) is 1.62. The number of hydrogen-bond donors (Lipinski definition) is 1. The minimum absolute atomic E-state index is 0. The van der Waals surface area contributed by atoms with Crippen molar-refractivity contribution in [3.8, 4) is 0 Å². The van der Waals surface area contributed by atoms with Crippen molar-refractivity contribution in [3.05, 3.63) is 0 Å². The monoisotopic (exact) mass is 367 g/mol. The Balaban J connectivity index is -0.0000000910. The van der Waals surface area contributed by atoms with Gasteiger partial charge in [0.1, 0.15) is 0 Å². The van der Waals surface area contributed by atoms with Crippen LogP contribution in [0.3, 0.4) is 0 Å². The topological polar surface area (TPSA) is 29.3 Å². The van der Waals surface area contributed by atoms with E-state index in [-0.39, 0.29) is 21.1 Å². The van der Waals surface area contributed by atoms with Gasteiger partial charge >= 0.3 is 21.1 Å². The molecular weight excluding hydrogens is 354 g/mol. The van der Waals surface area contributed by atoms with E-state index in [0.29, 0.717) is 12.0 Å². The molecule has 0 saturated carbocycles. The van der Waals surface area contributed by atoms with Crippen LogP contribution in [-0.4, -0.2) is 23.5 Å². The van der Waals surface area contributed by atoms with E-state index in [2.05, 4.69) is 0 Å². The number of rotatable bonds is 1. The number of nitrogens with zero attached hydrogens (tertiary/aromatic N) is 1. The molecule has 0 amide bonds. The van der Waals surface area contributed by atoms with Crippen LogP contribution in [-0.2, 0) is 21.1 Å². The summed E-state index contributed by atoms with van der Waals surface area (Å²) >= 11 is 10.3. The number of alkyl halides is 1. The van der Waals surface area contributed by atoms with E-state index in [9.17, 15) is 0 Å². The summed E-state index contributed by atoms with van der Waals surface area (Å²) in [6.45, 7) is 3.89. The molecule has 2 N–H and O–H groups in total. The third kappa shape index (κ3) is 60.6. The molecule has 0 heterocycles. The fourth-order valence-electron chi connectivity index (χ4n) is 0. The smallest absolute Gasteiger partial charge is 0.328 e. The summed E-state index contributed by atoms with van der Waals surface area (Å²) in [5.41, 5.74) is 5.11. The van der Waals surface area contributed by atoms with Crippen LogP contribution in [0.2, 0.25) is 0 Å². The molecule has 0 aromatic carbocycles. The Morgan fingerprint density at radius 1 is 1.50 bits per heavy atom. The van der Waals surface area contributed by atoms with Crippen LogP contribution < -0.4 is 5.73 Å². The molecule has 5 heteroatoms. The van der Waals surface area contributed by atoms with Gasteiger partial charge in [0.15, 0.2) is 0 Å². The van der Waals surface area contributed by atoms with E-state index < -0.39 is 0 Å². The number of hydrogen-bond acceptors (Lipinski definition) is 2. The maximum atomic E-state index is 5.16. The van der Waals surface area contributed by atoms with Crippen LogP contribution in [0.4, 0.5) is 0 Å². The van der Waals surface area contributed by atoms with Crippen molar-refractivity contribution >= 4 is 23.4 Å². The van der Waals surface area contributed by atoms with Gasteiger partial charge in [-0.2, -0.15) is 0 Å². The molecule has 0 aromatic heterocycles. The van der Waals surface area contributed by atoms with E-state index in [1.54, 1.807) is 7.05 Å². The Bertz CT molecular complexity index is 50.2. The molecule has 0 aliphatic rings. The van der Waals surface area contributed by atoms with Gasteiger partial charge < -0.3 is 5.73 Å². The molecule has 0 rings (SSSR count). The van der Waals surface area contributed by atoms with Gasteiger partial charge in [-0.25, -0.2) is 4.42 Å². The molecule has 0 aliphatic carbocycles. The van der Waals surface area contributed by atoms with E-state index >= 15 is 0 Å². The Hall–Kier alpha value is 1.19. The molecule has 10 heavy (non-hydrogen) atoms. The number of halogens is 2. The SMILES string of the molecule is CC(C)N.CN(Cl)CCl.[Pt+2]. The van der Waals surface area contributed by atoms with Crippen molar-refractivity contribution in [2.24, 2.45) is 5.73 Å². The van der Waals surface area contributed by atoms with Crippen molar-refractivity contribution in [3.63, 3.8) is 0 Å². The summed E-state index contributed by atoms with van der Waals surface area (Å²) < 4.78 is 1.36. The quantitative estimate of drug-likeness (QED) is 0.433. The summed E-state index contributed by atoms with van der Waals surface area (Å²) in [6, 6.07) is 0.710. The Morgan fingerprint density at radius 3 is 1.60 bits per heavy atom. The van der Waals surface area contributed by atoms with E-state index in [0.717, 1.165) is 0 Å². The molecule has 0 atom stereocenters. The van der Waals surface area contributed by atoms with Gasteiger partial charge in [-0.3, -0.25) is 0 Å². The zero-order valence-corrected chi connectivity index (χ0v) is 10.2. The first-order chi connectivity index (χ1) is 4.00. The van der Waals surface area contributed by atoms with Gasteiger partial charge in [0.05, 0.1) is 6.00 Å². The third-order valence-corrected chi connectivity index (χ3v) is 0.765. The van der Waals surface area contributed by atoms with Crippen LogP contribution in [0.5, 0.6) is 0 Å². The van der Waals surface area contributed by atoms with Gasteiger partial charge in [0.25, 0.3) is 0 Å². The molecular formula is C5H14Cl2N2Pt+2. The fraction of sp³-hybridized carbons (Fsp3) is 1.00. The summed E-state index contributed by atoms with van der Waals surface area (Å²) in [5.74, 6) is 0. The summed E-state index contributed by atoms with van der Waals surface area (Å²) in [4.78, 5) is 0. The molecule has 0 bridgehead atoms. The zero-order valence-electron chi connectivity index (χ0n) is 6.38. The van der Waals surface area contributed by atoms with Crippen LogP contribution in [0.1, 0.15) is 13.8 Å². The fourth-order valence-corrected chi connectivity index (χ4v) is 0. The van der Waals surface area contributed by atoms with Gasteiger partial charge in [-0.1, -0.05) is 13.8 Å². The first-order valence-corrected chi connectivity index (χ1v) is 3.56. The van der Waals surface area contributed by atoms with E-state index in [4.69, 9.17) is 29.1 Å². The molecule has 66 valence electrons. The largest absolute Gasteiger partial charge is 2.00 e. The molecule has 0 aliphatic heterocycles. The van der Waals surface area contributed by atoms with Crippen LogP contribution in [0, 0.1) is 0 Å². The second-order valence-electron chi connectivity index (χ2n) is 1.97. The molecule has 0 saturated heterocycles. The first kappa shape index (κ1) is 17.3. The molecule has 0 radical (unpaired) electrons. The molecule has 0 aromatic rings. The van der Waals surface area contributed by atoms with Crippen molar-refractivity contribution in [1.82, 2.24) is 4.42 Å². The van der Waals surface area contributed by atoms with Gasteiger partial charge in [-0.05, 0) is 17.8 Å². The Morgan fingerprint density at radius 2 is 1.60 bits per heavy atom. The van der Waals surface area contributed by atoms with Crippen molar-refractivity contribution < 1.29 is 21.1 Å².